The summed E-state index contributed by atoms with van der Waals surface area (Å²) in [6.45, 7) is 67.3. The first-order chi connectivity index (χ1) is 66.0. The van der Waals surface area contributed by atoms with Gasteiger partial charge in [-0.05, 0) is 541 Å². The molecule has 0 bridgehead atoms. The number of aliphatic hydroxyl groups is 5. The van der Waals surface area contributed by atoms with Crippen LogP contribution in [0.3, 0.4) is 0 Å². The van der Waals surface area contributed by atoms with Gasteiger partial charge in [0, 0.05) is 2.74 Å². The van der Waals surface area contributed by atoms with Crippen LogP contribution in [0.15, 0.2) is 105 Å². The number of fused-ring (bicyclic) bond motifs is 25. The van der Waals surface area contributed by atoms with Crippen LogP contribution in [0.25, 0.3) is 0 Å². The molecule has 4 unspecified atom stereocenters. The van der Waals surface area contributed by atoms with Crippen LogP contribution < -0.4 is 0 Å². The predicted molar refractivity (Wildman–Crippen MR) is 588 cm³/mol. The molecule has 0 aromatic carbocycles. The standard InChI is InChI=1S/2C29H48O.C26H42O.2C25H40O/c1-17(2)18(3)23-16-24(23)19(4)25-9-10-26-22-8-7-20-15-21(30)11-13-28(20,5)27(22)12-14-29(25,26)6;1-19(8-9-20(2)27(3,4)5)24-12-13-25-23-11-10-21-18-22(30)14-16-28(21,6)26(23)15-17-29(24,25)7;1-17(2)6-7-18(3)22-10-11-23-21-9-8-19-16-20(27)12-14-25(19,4)24(21)13-15-26(22,23)5;2*1-16(2)14-17(3)21-8-9-22-20-7-6-18-15-19(26)10-12-24(18,4)23(20)11-13-25(21,22)5/h7,17-19,21-27,30H,8-16H2,1-6H3;8-10,19-20,22-26,30H,11-18H2,1-7H3;6,8,18,20-24,27H,7,9-16H2,1-5H3;6,14,17,19-23,26H,7-13,15H2,1-5H3;6,14,16,19-23,26H,7-13,15H2,1-5H3/t18-,19+,21-,22-,23?,24?,25+,26-,27-,28-,29+;19-,20?,22+,23+,24-,25+,26+,28+,29-;18-,20+,21+,22-,23+,24+,25+,26-;17?,19-,20-,21+,22-,23-,24-,25+;19-,20-,21+,22-,23-,24-,25+/m01100/s1/i17D;;;;16D. The summed E-state index contributed by atoms with van der Waals surface area (Å²) < 4.78 is 16.8. The molecule has 139 heavy (non-hydrogen) atoms. The van der Waals surface area contributed by atoms with Crippen LogP contribution >= 0.6 is 0 Å². The number of aliphatic hydroxyl groups excluding tert-OH is 5. The fourth-order valence-corrected chi connectivity index (χ4v) is 42.3. The van der Waals surface area contributed by atoms with Gasteiger partial charge in [0.1, 0.15) is 0 Å². The van der Waals surface area contributed by atoms with Crippen molar-refractivity contribution >= 4 is 0 Å². The Morgan fingerprint density at radius 1 is 0.345 bits per heavy atom. The van der Waals surface area contributed by atoms with E-state index in [0.29, 0.717) is 83.2 Å². The minimum atomic E-state index is -0.464. The molecule has 21 rings (SSSR count). The van der Waals surface area contributed by atoms with E-state index in [-0.39, 0.29) is 36.4 Å². The molecular formula is C134H218O5. The molecular weight excluding hydrogens is 1690 g/mol. The highest BCUT2D eigenvalue weighted by molar-refractivity contribution is 5.33. The van der Waals surface area contributed by atoms with Gasteiger partial charge in [-0.25, -0.2) is 0 Å². The number of allylic oxidation sites excluding steroid dienone is 13. The largest absolute Gasteiger partial charge is 0.393 e. The average molecular weight is 1910 g/mol. The Morgan fingerprint density at radius 3 is 0.986 bits per heavy atom. The van der Waals surface area contributed by atoms with Gasteiger partial charge in [0.2, 0.25) is 0 Å². The SMILES string of the molecule is CC(C)=CC(C)[C@H]1CC[C@H]2[C@@H]3CC=C4C[C@@H](O)CC[C@]4(C)[C@H]3CC[C@]12C.CC(C)=CC[C@@H](C)[C@H]1CC[C@H]2[C@@H]3CC=C4C[C@@H](O)CC[C@]4(C)[C@H]3CC[C@]12C.CC(C=C[C@@H](C)[C@H]1CC[C@H]2[C@@H]3CC=C4C[C@@H](O)CC[C@]4(C)[C@H]3CC[C@]12C)C(C)(C)C.[2H]C(C)(C)C=C(C)[C@H]1CC[C@H]2[C@@H]3CC=C4C[C@@H](O)CC[C@]4(C)[C@H]3CC[C@]12C.[2H]C(C)(C)[C@H](C)C1CC1[C@@H](C)[C@H]1CC[C@H]2[C@@H]3CC=C4C[C@@H](O)CC[C@]4(C)[C@H]3CC[C@]12C. The van der Waals surface area contributed by atoms with Crippen molar-refractivity contribution in [1.29, 1.82) is 0 Å². The van der Waals surface area contributed by atoms with Gasteiger partial charge in [-0.2, -0.15) is 0 Å². The summed E-state index contributed by atoms with van der Waals surface area (Å²) in [4.78, 5) is 0. The molecule has 21 aliphatic rings. The lowest BCUT2D eigenvalue weighted by Crippen LogP contribution is -2.51. The van der Waals surface area contributed by atoms with Gasteiger partial charge in [-0.15, -0.1) is 0 Å². The molecule has 0 spiro atoms. The number of hydrogen-bond donors (Lipinski definition) is 5. The van der Waals surface area contributed by atoms with Crippen LogP contribution in [0.1, 0.15) is 466 Å². The third-order valence-corrected chi connectivity index (χ3v) is 51.0. The monoisotopic (exact) mass is 1910 g/mol. The molecule has 43 atom stereocenters. The predicted octanol–water partition coefficient (Wildman–Crippen LogP) is 35.3. The van der Waals surface area contributed by atoms with Gasteiger partial charge in [0.05, 0.1) is 30.5 Å². The summed E-state index contributed by atoms with van der Waals surface area (Å²) in [6, 6.07) is 0. The molecule has 784 valence electrons. The van der Waals surface area contributed by atoms with Crippen molar-refractivity contribution in [2.75, 3.05) is 0 Å². The molecule has 21 aliphatic carbocycles. The Morgan fingerprint density at radius 2 is 0.655 bits per heavy atom. The Bertz CT molecular complexity index is 4660. The zero-order chi connectivity index (χ0) is 102. The fraction of sp³-hybridized carbons (Fsp3) is 0.866. The molecule has 0 heterocycles. The third kappa shape index (κ3) is 19.8. The lowest BCUT2D eigenvalue weighted by molar-refractivity contribution is -0.0586. The summed E-state index contributed by atoms with van der Waals surface area (Å²) in [7, 11) is 0. The van der Waals surface area contributed by atoms with Gasteiger partial charge < -0.3 is 25.5 Å². The first kappa shape index (κ1) is 105. The van der Waals surface area contributed by atoms with Crippen molar-refractivity contribution in [3.63, 3.8) is 0 Å². The van der Waals surface area contributed by atoms with Crippen LogP contribution in [0, 0.1) is 237 Å². The molecule has 5 heteroatoms. The van der Waals surface area contributed by atoms with E-state index in [2.05, 4.69) is 241 Å². The molecule has 5 nitrogen and oxygen atoms in total. The summed E-state index contributed by atoms with van der Waals surface area (Å²) >= 11 is 0. The van der Waals surface area contributed by atoms with Crippen molar-refractivity contribution in [3.05, 3.63) is 105 Å². The second kappa shape index (κ2) is 41.0. The van der Waals surface area contributed by atoms with Crippen LogP contribution in [0.4, 0.5) is 0 Å². The Balaban J connectivity index is 0.000000122. The van der Waals surface area contributed by atoms with Crippen LogP contribution in [0.5, 0.6) is 0 Å². The van der Waals surface area contributed by atoms with E-state index >= 15 is 0 Å². The Kier molecular flexibility index (Phi) is 30.9. The quantitative estimate of drug-likeness (QED) is 0.112. The molecule has 0 aliphatic heterocycles. The highest BCUT2D eigenvalue weighted by Crippen LogP contribution is 2.75. The number of hydrogen-bond acceptors (Lipinski definition) is 5. The summed E-state index contributed by atoms with van der Waals surface area (Å²) in [5.74, 6) is 22.4. The minimum Gasteiger partial charge on any atom is -0.393 e. The smallest absolute Gasteiger partial charge is 0.0577 e. The minimum absolute atomic E-state index is 0.0819. The van der Waals surface area contributed by atoms with Crippen molar-refractivity contribution in [3.8, 4) is 0 Å². The molecule has 0 radical (unpaired) electrons. The zero-order valence-electron chi connectivity index (χ0n) is 97.3. The normalized spacial score (nSPS) is 48.9. The molecule has 16 saturated carbocycles. The average Bonchev–Trinajstić information content (AvgIpc) is 1.61. The first-order valence-electron chi connectivity index (χ1n) is 61.5. The van der Waals surface area contributed by atoms with Crippen molar-refractivity contribution in [1.82, 2.24) is 0 Å². The van der Waals surface area contributed by atoms with Crippen molar-refractivity contribution < 1.29 is 28.3 Å². The van der Waals surface area contributed by atoms with E-state index in [4.69, 9.17) is 2.74 Å². The topological polar surface area (TPSA) is 101 Å². The van der Waals surface area contributed by atoms with Crippen molar-refractivity contribution in [2.24, 2.45) is 237 Å². The maximum atomic E-state index is 10.3. The summed E-state index contributed by atoms with van der Waals surface area (Å²) in [5.41, 5.74) is 17.2. The highest BCUT2D eigenvalue weighted by Gasteiger charge is 2.67. The zero-order valence-corrected chi connectivity index (χ0v) is 95.3. The molecule has 16 fully saturated rings. The Hall–Kier alpha value is -2.54. The van der Waals surface area contributed by atoms with Crippen LogP contribution in [-0.2, 0) is 0 Å². The first-order valence-corrected chi connectivity index (χ1v) is 60.5. The fourth-order valence-electron chi connectivity index (χ4n) is 42.3. The lowest BCUT2D eigenvalue weighted by Gasteiger charge is -2.58. The van der Waals surface area contributed by atoms with Gasteiger partial charge >= 0.3 is 0 Å². The van der Waals surface area contributed by atoms with E-state index in [9.17, 15) is 25.5 Å². The molecule has 0 saturated heterocycles. The maximum Gasteiger partial charge on any atom is 0.0577 e. The van der Waals surface area contributed by atoms with Crippen LogP contribution in [-0.4, -0.2) is 56.1 Å². The second-order valence-electron chi connectivity index (χ2n) is 59.6. The van der Waals surface area contributed by atoms with E-state index in [1.807, 2.05) is 13.8 Å². The molecule has 0 aromatic heterocycles. The second-order valence-corrected chi connectivity index (χ2v) is 59.6. The van der Waals surface area contributed by atoms with Gasteiger partial charge in [0.25, 0.3) is 0 Å². The number of rotatable bonds is 14. The van der Waals surface area contributed by atoms with E-state index < -0.39 is 5.89 Å². The van der Waals surface area contributed by atoms with E-state index in [1.165, 1.54) is 222 Å². The summed E-state index contributed by atoms with van der Waals surface area (Å²) in [6.07, 6.45) is 77.8. The Labute approximate surface area is 859 Å². The highest BCUT2D eigenvalue weighted by atomic mass is 16.3. The van der Waals surface area contributed by atoms with Gasteiger partial charge in [0.15, 0.2) is 0 Å². The molecule has 5 N–H and O–H groups in total. The van der Waals surface area contributed by atoms with E-state index in [0.717, 1.165) is 206 Å². The lowest BCUT2D eigenvalue weighted by atomic mass is 9.47. The van der Waals surface area contributed by atoms with Gasteiger partial charge in [-0.3, -0.25) is 0 Å². The van der Waals surface area contributed by atoms with Crippen LogP contribution in [0.2, 0.25) is 0 Å². The van der Waals surface area contributed by atoms with E-state index in [1.54, 1.807) is 27.9 Å². The maximum absolute atomic E-state index is 10.3. The van der Waals surface area contributed by atoms with Crippen molar-refractivity contribution in [2.45, 2.75) is 494 Å². The molecule has 0 aromatic rings. The third-order valence-electron chi connectivity index (χ3n) is 51.0. The summed E-state index contributed by atoms with van der Waals surface area (Å²) in [5, 5.41) is 51.0. The van der Waals surface area contributed by atoms with Gasteiger partial charge in [-0.1, -0.05) is 265 Å². The molecule has 0 amide bonds.